The average Bonchev–Trinajstić information content (AvgIpc) is 3.13. The Hall–Kier alpha value is -2.78. The van der Waals surface area contributed by atoms with E-state index in [2.05, 4.69) is 0 Å². The van der Waals surface area contributed by atoms with Crippen LogP contribution in [0.5, 0.6) is 0 Å². The van der Waals surface area contributed by atoms with E-state index in [1.165, 1.54) is 17.0 Å². The van der Waals surface area contributed by atoms with Gasteiger partial charge in [-0.15, -0.1) is 0 Å². The van der Waals surface area contributed by atoms with Gasteiger partial charge in [0.2, 0.25) is 10.0 Å². The molecule has 1 aliphatic heterocycles. The highest BCUT2D eigenvalue weighted by Gasteiger charge is 2.25. The van der Waals surface area contributed by atoms with E-state index in [9.17, 15) is 22.4 Å². The SMILES string of the molecule is CN(Cc1ccc(F)cc1)C(=O)COC(=O)CCc1ccc(S(=O)(=O)N2CCCCCC2)cc1. The van der Waals surface area contributed by atoms with Crippen LogP contribution in [0.25, 0.3) is 0 Å². The van der Waals surface area contributed by atoms with E-state index in [0.29, 0.717) is 19.5 Å². The van der Waals surface area contributed by atoms with Crippen LogP contribution in [0.2, 0.25) is 0 Å². The molecule has 0 atom stereocenters. The van der Waals surface area contributed by atoms with Gasteiger partial charge in [0.1, 0.15) is 5.82 Å². The van der Waals surface area contributed by atoms with Crippen LogP contribution in [0.15, 0.2) is 53.4 Å². The van der Waals surface area contributed by atoms with Crippen molar-refractivity contribution in [3.63, 3.8) is 0 Å². The van der Waals surface area contributed by atoms with E-state index in [1.54, 1.807) is 47.8 Å². The molecule has 0 unspecified atom stereocenters. The zero-order chi connectivity index (χ0) is 24.6. The first-order chi connectivity index (χ1) is 16.3. The van der Waals surface area contributed by atoms with Gasteiger partial charge < -0.3 is 9.64 Å². The Morgan fingerprint density at radius 1 is 0.941 bits per heavy atom. The van der Waals surface area contributed by atoms with Crippen LogP contribution >= 0.6 is 0 Å². The summed E-state index contributed by atoms with van der Waals surface area (Å²) >= 11 is 0. The standard InChI is InChI=1S/C25H31FN2O5S/c1-27(18-21-6-11-22(26)12-7-21)24(29)19-33-25(30)15-10-20-8-13-23(14-9-20)34(31,32)28-16-4-2-3-5-17-28/h6-9,11-14H,2-5,10,15-19H2,1H3. The molecule has 9 heteroatoms. The number of ether oxygens (including phenoxy) is 1. The monoisotopic (exact) mass is 490 g/mol. The van der Waals surface area contributed by atoms with Crippen LogP contribution in [0.4, 0.5) is 4.39 Å². The fourth-order valence-electron chi connectivity index (χ4n) is 3.78. The second kappa shape index (κ2) is 12.1. The number of halogens is 1. The molecule has 0 spiro atoms. The third-order valence-electron chi connectivity index (χ3n) is 5.86. The number of carbonyl (C=O) groups excluding carboxylic acids is 2. The molecule has 1 amide bonds. The summed E-state index contributed by atoms with van der Waals surface area (Å²) in [6, 6.07) is 12.4. The van der Waals surface area contributed by atoms with Crippen molar-refractivity contribution in [2.24, 2.45) is 0 Å². The van der Waals surface area contributed by atoms with Crippen molar-refractivity contribution in [2.75, 3.05) is 26.7 Å². The third-order valence-corrected chi connectivity index (χ3v) is 7.77. The van der Waals surface area contributed by atoms with Crippen molar-refractivity contribution in [1.82, 2.24) is 9.21 Å². The number of sulfonamides is 1. The topological polar surface area (TPSA) is 84.0 Å². The molecule has 2 aromatic rings. The van der Waals surface area contributed by atoms with Crippen LogP contribution in [-0.2, 0) is 37.3 Å². The Morgan fingerprint density at radius 3 is 2.15 bits per heavy atom. The number of amides is 1. The number of hydrogen-bond acceptors (Lipinski definition) is 5. The van der Waals surface area contributed by atoms with E-state index >= 15 is 0 Å². The molecule has 1 aliphatic rings. The molecule has 0 bridgehead atoms. The van der Waals surface area contributed by atoms with E-state index in [-0.39, 0.29) is 36.2 Å². The van der Waals surface area contributed by atoms with E-state index in [0.717, 1.165) is 36.8 Å². The van der Waals surface area contributed by atoms with Crippen molar-refractivity contribution >= 4 is 21.9 Å². The van der Waals surface area contributed by atoms with Gasteiger partial charge in [-0.05, 0) is 54.7 Å². The Morgan fingerprint density at radius 2 is 1.53 bits per heavy atom. The minimum atomic E-state index is -3.50. The lowest BCUT2D eigenvalue weighted by Crippen LogP contribution is -2.31. The summed E-state index contributed by atoms with van der Waals surface area (Å²) in [4.78, 5) is 25.9. The Balaban J connectivity index is 1.43. The van der Waals surface area contributed by atoms with Crippen LogP contribution < -0.4 is 0 Å². The number of rotatable bonds is 9. The average molecular weight is 491 g/mol. The van der Waals surface area contributed by atoms with Gasteiger partial charge >= 0.3 is 5.97 Å². The third kappa shape index (κ3) is 7.36. The quantitative estimate of drug-likeness (QED) is 0.502. The second-order valence-electron chi connectivity index (χ2n) is 8.50. The Labute approximate surface area is 200 Å². The first kappa shape index (κ1) is 25.8. The van der Waals surface area contributed by atoms with Crippen LogP contribution in [-0.4, -0.2) is 56.2 Å². The number of aryl methyl sites for hydroxylation is 1. The number of nitrogens with zero attached hydrogens (tertiary/aromatic N) is 2. The van der Waals surface area contributed by atoms with Crippen molar-refractivity contribution in [2.45, 2.75) is 50.0 Å². The summed E-state index contributed by atoms with van der Waals surface area (Å²) in [6.45, 7) is 1.01. The molecule has 2 aromatic carbocycles. The molecule has 7 nitrogen and oxygen atoms in total. The molecular weight excluding hydrogens is 459 g/mol. The predicted octanol–water partition coefficient (Wildman–Crippen LogP) is 3.52. The van der Waals surface area contributed by atoms with Crippen molar-refractivity contribution in [1.29, 1.82) is 0 Å². The molecule has 1 fully saturated rings. The number of benzene rings is 2. The highest BCUT2D eigenvalue weighted by molar-refractivity contribution is 7.89. The molecule has 0 aromatic heterocycles. The first-order valence-electron chi connectivity index (χ1n) is 11.5. The van der Waals surface area contributed by atoms with Crippen molar-refractivity contribution < 1.29 is 27.1 Å². The molecular formula is C25H31FN2O5S. The van der Waals surface area contributed by atoms with Crippen LogP contribution in [0.3, 0.4) is 0 Å². The first-order valence-corrected chi connectivity index (χ1v) is 12.9. The largest absolute Gasteiger partial charge is 0.456 e. The lowest BCUT2D eigenvalue weighted by atomic mass is 10.1. The molecule has 1 saturated heterocycles. The molecule has 0 saturated carbocycles. The highest BCUT2D eigenvalue weighted by atomic mass is 32.2. The maximum atomic E-state index is 13.0. The van der Waals surface area contributed by atoms with E-state index in [1.807, 2.05) is 0 Å². The summed E-state index contributed by atoms with van der Waals surface area (Å²) in [7, 11) is -1.92. The maximum absolute atomic E-state index is 13.0. The molecule has 0 aliphatic carbocycles. The van der Waals surface area contributed by atoms with Gasteiger partial charge in [0.15, 0.2) is 6.61 Å². The van der Waals surface area contributed by atoms with Crippen LogP contribution in [0.1, 0.15) is 43.2 Å². The number of likely N-dealkylation sites (N-methyl/N-ethyl adjacent to an activating group) is 1. The van der Waals surface area contributed by atoms with Gasteiger partial charge in [-0.1, -0.05) is 37.1 Å². The summed E-state index contributed by atoms with van der Waals surface area (Å²) in [5.41, 5.74) is 1.58. The molecule has 34 heavy (non-hydrogen) atoms. The lowest BCUT2D eigenvalue weighted by molar-refractivity contribution is -0.151. The Bertz CT molecular complexity index is 1060. The minimum absolute atomic E-state index is 0.0766. The van der Waals surface area contributed by atoms with Crippen molar-refractivity contribution in [3.8, 4) is 0 Å². The predicted molar refractivity (Wildman–Crippen MR) is 126 cm³/mol. The molecule has 184 valence electrons. The zero-order valence-corrected chi connectivity index (χ0v) is 20.2. The highest BCUT2D eigenvalue weighted by Crippen LogP contribution is 2.21. The number of esters is 1. The second-order valence-corrected chi connectivity index (χ2v) is 10.4. The summed E-state index contributed by atoms with van der Waals surface area (Å²) in [5, 5.41) is 0. The summed E-state index contributed by atoms with van der Waals surface area (Å²) < 4.78 is 45.3. The minimum Gasteiger partial charge on any atom is -0.456 e. The fraction of sp³-hybridized carbons (Fsp3) is 0.440. The number of carbonyl (C=O) groups is 2. The Kier molecular flexibility index (Phi) is 9.18. The van der Waals surface area contributed by atoms with Crippen molar-refractivity contribution in [3.05, 3.63) is 65.5 Å². The number of hydrogen-bond donors (Lipinski definition) is 0. The van der Waals surface area contributed by atoms with Gasteiger partial charge in [-0.25, -0.2) is 12.8 Å². The fourth-order valence-corrected chi connectivity index (χ4v) is 5.30. The zero-order valence-electron chi connectivity index (χ0n) is 19.4. The smallest absolute Gasteiger partial charge is 0.306 e. The normalized spacial score (nSPS) is 14.9. The lowest BCUT2D eigenvalue weighted by Gasteiger charge is -2.20. The van der Waals surface area contributed by atoms with E-state index < -0.39 is 16.0 Å². The summed E-state index contributed by atoms with van der Waals surface area (Å²) in [6.07, 6.45) is 4.32. The molecule has 0 N–H and O–H groups in total. The maximum Gasteiger partial charge on any atom is 0.306 e. The van der Waals surface area contributed by atoms with Crippen LogP contribution in [0, 0.1) is 5.82 Å². The molecule has 0 radical (unpaired) electrons. The molecule has 1 heterocycles. The van der Waals surface area contributed by atoms with Gasteiger partial charge in [-0.3, -0.25) is 9.59 Å². The van der Waals surface area contributed by atoms with Gasteiger partial charge in [0, 0.05) is 33.1 Å². The van der Waals surface area contributed by atoms with Gasteiger partial charge in [0.05, 0.1) is 4.90 Å². The van der Waals surface area contributed by atoms with E-state index in [4.69, 9.17) is 4.74 Å². The molecule has 3 rings (SSSR count). The summed E-state index contributed by atoms with van der Waals surface area (Å²) in [5.74, 6) is -1.22. The van der Waals surface area contributed by atoms with Gasteiger partial charge in [-0.2, -0.15) is 4.31 Å². The van der Waals surface area contributed by atoms with Gasteiger partial charge in [0.25, 0.3) is 5.91 Å².